The molecule has 6 nitrogen and oxygen atoms in total. The van der Waals surface area contributed by atoms with Gasteiger partial charge in [-0.1, -0.05) is 30.3 Å². The maximum atomic E-state index is 12.8. The van der Waals surface area contributed by atoms with Gasteiger partial charge in [0.1, 0.15) is 0 Å². The largest absolute Gasteiger partial charge is 0.396 e. The predicted molar refractivity (Wildman–Crippen MR) is 105 cm³/mol. The molecule has 2 aliphatic rings. The van der Waals surface area contributed by atoms with Crippen molar-refractivity contribution in [1.29, 1.82) is 0 Å². The Hall–Kier alpha value is -1.47. The fourth-order valence-electron chi connectivity index (χ4n) is 4.23. The summed E-state index contributed by atoms with van der Waals surface area (Å²) in [7, 11) is 2.13. The van der Waals surface area contributed by atoms with E-state index < -0.39 is 11.5 Å². The van der Waals surface area contributed by atoms with Crippen molar-refractivity contribution in [2.45, 2.75) is 25.4 Å². The molecular weight excluding hydrogens is 342 g/mol. The maximum Gasteiger partial charge on any atom is 0.223 e. The van der Waals surface area contributed by atoms with Crippen molar-refractivity contribution in [2.24, 2.45) is 5.41 Å². The molecule has 2 saturated heterocycles. The van der Waals surface area contributed by atoms with Crippen LogP contribution in [0, 0.1) is 5.41 Å². The normalized spacial score (nSPS) is 27.7. The number of carbonyl (C=O) groups is 1. The first-order chi connectivity index (χ1) is 13.0. The van der Waals surface area contributed by atoms with Gasteiger partial charge in [0.25, 0.3) is 0 Å². The average Bonchev–Trinajstić information content (AvgIpc) is 2.70. The second-order valence-electron chi connectivity index (χ2n) is 8.20. The fourth-order valence-corrected chi connectivity index (χ4v) is 4.23. The van der Waals surface area contributed by atoms with Crippen molar-refractivity contribution in [3.63, 3.8) is 0 Å². The highest BCUT2D eigenvalue weighted by molar-refractivity contribution is 5.76. The Morgan fingerprint density at radius 1 is 1.15 bits per heavy atom. The summed E-state index contributed by atoms with van der Waals surface area (Å²) in [6.07, 6.45) is 1.01. The molecule has 0 spiro atoms. The minimum absolute atomic E-state index is 0.120. The van der Waals surface area contributed by atoms with Gasteiger partial charge in [-0.05, 0) is 25.5 Å². The van der Waals surface area contributed by atoms with Crippen molar-refractivity contribution < 1.29 is 15.0 Å². The summed E-state index contributed by atoms with van der Waals surface area (Å²) in [6.45, 7) is 5.78. The average molecular weight is 376 g/mol. The molecule has 6 heteroatoms. The number of nitrogens with zero attached hydrogens (tertiary/aromatic N) is 3. The van der Waals surface area contributed by atoms with Crippen molar-refractivity contribution in [3.8, 4) is 0 Å². The van der Waals surface area contributed by atoms with Crippen LogP contribution in [0.15, 0.2) is 30.3 Å². The van der Waals surface area contributed by atoms with Crippen molar-refractivity contribution in [2.75, 3.05) is 59.5 Å². The summed E-state index contributed by atoms with van der Waals surface area (Å²) in [5, 5.41) is 20.7. The van der Waals surface area contributed by atoms with E-state index in [9.17, 15) is 15.0 Å². The monoisotopic (exact) mass is 375 g/mol. The molecule has 0 bridgehead atoms. The molecule has 0 radical (unpaired) electrons. The number of rotatable bonds is 6. The molecular formula is C21H33N3O3. The molecule has 2 atom stereocenters. The van der Waals surface area contributed by atoms with Gasteiger partial charge in [0.2, 0.25) is 5.91 Å². The highest BCUT2D eigenvalue weighted by Gasteiger charge is 2.43. The number of likely N-dealkylation sites (tertiary alicyclic amines) is 1. The number of piperazine rings is 1. The van der Waals surface area contributed by atoms with Gasteiger partial charge in [0.15, 0.2) is 0 Å². The number of aliphatic hydroxyl groups is 2. The van der Waals surface area contributed by atoms with E-state index in [-0.39, 0.29) is 12.5 Å². The van der Waals surface area contributed by atoms with Gasteiger partial charge in [-0.3, -0.25) is 4.79 Å². The molecule has 2 aliphatic heterocycles. The van der Waals surface area contributed by atoms with Crippen LogP contribution in [0.5, 0.6) is 0 Å². The van der Waals surface area contributed by atoms with Gasteiger partial charge in [-0.25, -0.2) is 0 Å². The van der Waals surface area contributed by atoms with Crippen LogP contribution in [-0.2, 0) is 11.2 Å². The predicted octanol–water partition coefficient (Wildman–Crippen LogP) is 0.439. The van der Waals surface area contributed by atoms with Gasteiger partial charge in [0, 0.05) is 57.6 Å². The minimum Gasteiger partial charge on any atom is -0.396 e. The molecule has 2 heterocycles. The molecule has 27 heavy (non-hydrogen) atoms. The molecule has 0 saturated carbocycles. The Balaban J connectivity index is 1.58. The molecule has 1 amide bonds. The van der Waals surface area contributed by atoms with Crippen LogP contribution in [-0.4, -0.2) is 96.4 Å². The van der Waals surface area contributed by atoms with Crippen molar-refractivity contribution in [3.05, 3.63) is 35.9 Å². The molecule has 150 valence electrons. The number of benzene rings is 1. The zero-order valence-electron chi connectivity index (χ0n) is 16.4. The lowest BCUT2D eigenvalue weighted by molar-refractivity contribution is -0.142. The van der Waals surface area contributed by atoms with Gasteiger partial charge in [-0.15, -0.1) is 0 Å². The molecule has 0 aromatic heterocycles. The lowest BCUT2D eigenvalue weighted by Gasteiger charge is -2.45. The van der Waals surface area contributed by atoms with Crippen LogP contribution in [0.25, 0.3) is 0 Å². The summed E-state index contributed by atoms with van der Waals surface area (Å²) in [4.78, 5) is 19.3. The number of carbonyl (C=O) groups excluding carboxylic acids is 1. The van der Waals surface area contributed by atoms with E-state index in [1.807, 2.05) is 35.2 Å². The van der Waals surface area contributed by atoms with Crippen LogP contribution < -0.4 is 0 Å². The van der Waals surface area contributed by atoms with E-state index in [1.54, 1.807) is 0 Å². The quantitative estimate of drug-likeness (QED) is 0.755. The summed E-state index contributed by atoms with van der Waals surface area (Å²) in [6, 6.07) is 9.92. The van der Waals surface area contributed by atoms with Gasteiger partial charge < -0.3 is 24.9 Å². The number of amides is 1. The smallest absolute Gasteiger partial charge is 0.223 e. The Bertz CT molecular complexity index is 604. The first-order valence-electron chi connectivity index (χ1n) is 10.0. The molecule has 2 N–H and O–H groups in total. The molecule has 0 unspecified atom stereocenters. The Labute approximate surface area is 162 Å². The van der Waals surface area contributed by atoms with Crippen molar-refractivity contribution in [1.82, 2.24) is 14.7 Å². The Morgan fingerprint density at radius 3 is 2.52 bits per heavy atom. The topological polar surface area (TPSA) is 67.2 Å². The number of hydrogen-bond donors (Lipinski definition) is 2. The molecule has 1 aromatic carbocycles. The molecule has 0 aliphatic carbocycles. The maximum absolute atomic E-state index is 12.8. The van der Waals surface area contributed by atoms with E-state index in [2.05, 4.69) is 16.8 Å². The van der Waals surface area contributed by atoms with E-state index in [4.69, 9.17) is 0 Å². The summed E-state index contributed by atoms with van der Waals surface area (Å²) in [5.74, 6) is 0.131. The first kappa shape index (κ1) is 20.3. The van der Waals surface area contributed by atoms with E-state index in [0.717, 1.165) is 38.3 Å². The first-order valence-corrected chi connectivity index (χ1v) is 10.0. The van der Waals surface area contributed by atoms with Crippen LogP contribution in [0.4, 0.5) is 0 Å². The third-order valence-electron chi connectivity index (χ3n) is 6.19. The standard InChI is InChI=1S/C21H33N3O3/c1-22-11-13-23(14-12-22)9-8-20(27)24-10-7-19(26)21(16-24,17-25)15-18-5-3-2-4-6-18/h2-6,19,25-26H,7-17H2,1H3/t19-,21+/m1/s1. The Kier molecular flexibility index (Phi) is 6.87. The Morgan fingerprint density at radius 2 is 1.85 bits per heavy atom. The summed E-state index contributed by atoms with van der Waals surface area (Å²) in [5.41, 5.74) is 0.403. The van der Waals surface area contributed by atoms with E-state index in [1.165, 1.54) is 0 Å². The van der Waals surface area contributed by atoms with Gasteiger partial charge in [-0.2, -0.15) is 0 Å². The second kappa shape index (κ2) is 9.15. The SMILES string of the molecule is CN1CCN(CCC(=O)N2CC[C@@H](O)[C@@](CO)(Cc3ccccc3)C2)CC1. The van der Waals surface area contributed by atoms with Crippen molar-refractivity contribution >= 4 is 5.91 Å². The van der Waals surface area contributed by atoms with Gasteiger partial charge in [0.05, 0.1) is 12.7 Å². The third-order valence-corrected chi connectivity index (χ3v) is 6.19. The fraction of sp³-hybridized carbons (Fsp3) is 0.667. The van der Waals surface area contributed by atoms with E-state index >= 15 is 0 Å². The van der Waals surface area contributed by atoms with Crippen LogP contribution >= 0.6 is 0 Å². The number of likely N-dealkylation sites (N-methyl/N-ethyl adjacent to an activating group) is 1. The summed E-state index contributed by atoms with van der Waals surface area (Å²) < 4.78 is 0. The molecule has 3 rings (SSSR count). The molecule has 2 fully saturated rings. The number of piperidine rings is 1. The van der Waals surface area contributed by atoms with Crippen LogP contribution in [0.1, 0.15) is 18.4 Å². The van der Waals surface area contributed by atoms with E-state index in [0.29, 0.717) is 32.4 Å². The summed E-state index contributed by atoms with van der Waals surface area (Å²) >= 11 is 0. The second-order valence-corrected chi connectivity index (χ2v) is 8.20. The highest BCUT2D eigenvalue weighted by Crippen LogP contribution is 2.34. The number of hydrogen-bond acceptors (Lipinski definition) is 5. The lowest BCUT2D eigenvalue weighted by Crippen LogP contribution is -2.56. The van der Waals surface area contributed by atoms with Crippen LogP contribution in [0.3, 0.4) is 0 Å². The van der Waals surface area contributed by atoms with Gasteiger partial charge >= 0.3 is 0 Å². The number of aliphatic hydroxyl groups excluding tert-OH is 2. The minimum atomic E-state index is -0.677. The highest BCUT2D eigenvalue weighted by atomic mass is 16.3. The lowest BCUT2D eigenvalue weighted by atomic mass is 9.73. The third kappa shape index (κ3) is 5.08. The zero-order valence-corrected chi connectivity index (χ0v) is 16.4. The molecule has 1 aromatic rings. The zero-order chi connectivity index (χ0) is 19.3. The van der Waals surface area contributed by atoms with Crippen LogP contribution in [0.2, 0.25) is 0 Å².